The summed E-state index contributed by atoms with van der Waals surface area (Å²) in [5, 5.41) is 12.9. The molecule has 0 saturated heterocycles. The molecule has 0 unspecified atom stereocenters. The zero-order valence-electron chi connectivity index (χ0n) is 11.7. The normalized spacial score (nSPS) is 20.0. The van der Waals surface area contributed by atoms with Crippen molar-refractivity contribution in [3.8, 4) is 0 Å². The van der Waals surface area contributed by atoms with Gasteiger partial charge in [0.1, 0.15) is 0 Å². The van der Waals surface area contributed by atoms with Gasteiger partial charge in [-0.05, 0) is 40.5 Å². The van der Waals surface area contributed by atoms with Crippen LogP contribution >= 0.6 is 0 Å². The third-order valence-corrected chi connectivity index (χ3v) is 4.52. The van der Waals surface area contributed by atoms with E-state index in [1.165, 1.54) is 38.5 Å². The summed E-state index contributed by atoms with van der Waals surface area (Å²) in [6.07, 6.45) is 7.53. The molecule has 0 aromatic carbocycles. The first kappa shape index (κ1) is 14.5. The molecule has 3 heteroatoms. The Labute approximate surface area is 105 Å². The molecule has 1 saturated carbocycles. The van der Waals surface area contributed by atoms with Crippen molar-refractivity contribution in [2.24, 2.45) is 5.41 Å². The first-order valence-electron chi connectivity index (χ1n) is 6.78. The lowest BCUT2D eigenvalue weighted by Crippen LogP contribution is -2.58. The van der Waals surface area contributed by atoms with Gasteiger partial charge in [0.15, 0.2) is 0 Å². The lowest BCUT2D eigenvalue weighted by Gasteiger charge is -2.41. The van der Waals surface area contributed by atoms with Crippen molar-refractivity contribution in [1.29, 1.82) is 0 Å². The lowest BCUT2D eigenvalue weighted by molar-refractivity contribution is -0.151. The van der Waals surface area contributed by atoms with Crippen LogP contribution in [0.25, 0.3) is 0 Å². The number of carbonyl (C=O) groups is 1. The Bertz CT molecular complexity index is 263. The molecule has 0 bridgehead atoms. The monoisotopic (exact) mass is 241 g/mol. The molecular weight excluding hydrogens is 214 g/mol. The van der Waals surface area contributed by atoms with Gasteiger partial charge in [-0.2, -0.15) is 0 Å². The zero-order valence-corrected chi connectivity index (χ0v) is 11.7. The molecule has 0 aliphatic heterocycles. The van der Waals surface area contributed by atoms with Crippen LogP contribution < -0.4 is 5.32 Å². The number of carboxylic acid groups (broad SMARTS) is 1. The van der Waals surface area contributed by atoms with E-state index in [1.54, 1.807) is 13.8 Å². The first-order chi connectivity index (χ1) is 7.77. The van der Waals surface area contributed by atoms with E-state index in [2.05, 4.69) is 5.32 Å². The molecule has 0 aromatic rings. The number of aliphatic carboxylic acids is 1. The van der Waals surface area contributed by atoms with E-state index in [9.17, 15) is 9.90 Å². The van der Waals surface area contributed by atoms with Crippen molar-refractivity contribution in [3.05, 3.63) is 0 Å². The maximum atomic E-state index is 11.3. The fourth-order valence-corrected chi connectivity index (χ4v) is 2.38. The summed E-state index contributed by atoms with van der Waals surface area (Å²) < 4.78 is 0. The highest BCUT2D eigenvalue weighted by molar-refractivity contribution is 5.75. The Morgan fingerprint density at radius 2 is 1.53 bits per heavy atom. The van der Waals surface area contributed by atoms with Crippen molar-refractivity contribution in [1.82, 2.24) is 5.32 Å². The van der Waals surface area contributed by atoms with E-state index < -0.39 is 11.4 Å². The molecule has 1 aliphatic carbocycles. The third-order valence-electron chi connectivity index (χ3n) is 4.52. The topological polar surface area (TPSA) is 49.3 Å². The number of hydrogen-bond acceptors (Lipinski definition) is 2. The van der Waals surface area contributed by atoms with Gasteiger partial charge >= 0.3 is 5.97 Å². The number of rotatable bonds is 4. The summed E-state index contributed by atoms with van der Waals surface area (Å²) in [7, 11) is 0. The molecule has 100 valence electrons. The van der Waals surface area contributed by atoms with E-state index in [4.69, 9.17) is 0 Å². The first-order valence-corrected chi connectivity index (χ1v) is 6.78. The second-order valence-electron chi connectivity index (χ2n) is 6.39. The molecule has 3 nitrogen and oxygen atoms in total. The van der Waals surface area contributed by atoms with E-state index in [1.807, 2.05) is 13.8 Å². The molecule has 1 aliphatic rings. The van der Waals surface area contributed by atoms with Gasteiger partial charge in [-0.25, -0.2) is 0 Å². The van der Waals surface area contributed by atoms with Gasteiger partial charge in [-0.1, -0.05) is 25.7 Å². The van der Waals surface area contributed by atoms with Gasteiger partial charge in [0.25, 0.3) is 0 Å². The maximum absolute atomic E-state index is 11.3. The predicted molar refractivity (Wildman–Crippen MR) is 70.1 cm³/mol. The van der Waals surface area contributed by atoms with Crippen LogP contribution in [0, 0.1) is 5.41 Å². The highest BCUT2D eigenvalue weighted by Gasteiger charge is 2.44. The van der Waals surface area contributed by atoms with E-state index in [0.29, 0.717) is 6.04 Å². The molecule has 0 spiro atoms. The van der Waals surface area contributed by atoms with Crippen molar-refractivity contribution >= 4 is 5.97 Å². The second kappa shape index (κ2) is 5.38. The Kier molecular flexibility index (Phi) is 4.59. The molecule has 0 atom stereocenters. The van der Waals surface area contributed by atoms with Gasteiger partial charge in [0.2, 0.25) is 0 Å². The molecule has 0 amide bonds. The fraction of sp³-hybridized carbons (Fsp3) is 0.929. The van der Waals surface area contributed by atoms with Crippen molar-refractivity contribution in [3.63, 3.8) is 0 Å². The Morgan fingerprint density at radius 1 is 1.06 bits per heavy atom. The van der Waals surface area contributed by atoms with Gasteiger partial charge in [-0.15, -0.1) is 0 Å². The van der Waals surface area contributed by atoms with Gasteiger partial charge in [0.05, 0.1) is 5.41 Å². The summed E-state index contributed by atoms with van der Waals surface area (Å²) >= 11 is 0. The van der Waals surface area contributed by atoms with Crippen molar-refractivity contribution < 1.29 is 9.90 Å². The number of nitrogens with one attached hydrogen (secondary N) is 1. The van der Waals surface area contributed by atoms with Crippen LogP contribution in [-0.4, -0.2) is 22.7 Å². The summed E-state index contributed by atoms with van der Waals surface area (Å²) in [5.41, 5.74) is -1.13. The molecule has 0 radical (unpaired) electrons. The van der Waals surface area contributed by atoms with Crippen LogP contribution in [0.2, 0.25) is 0 Å². The Balaban J connectivity index is 2.67. The zero-order chi connectivity index (χ0) is 13.1. The maximum Gasteiger partial charge on any atom is 0.310 e. The minimum Gasteiger partial charge on any atom is -0.481 e. The van der Waals surface area contributed by atoms with Crippen LogP contribution in [0.4, 0.5) is 0 Å². The number of hydrogen-bond donors (Lipinski definition) is 2. The van der Waals surface area contributed by atoms with E-state index in [-0.39, 0.29) is 5.54 Å². The summed E-state index contributed by atoms with van der Waals surface area (Å²) in [5.74, 6) is -0.733. The summed E-state index contributed by atoms with van der Waals surface area (Å²) in [6, 6.07) is 0.478. The third kappa shape index (κ3) is 3.44. The average Bonchev–Trinajstić information content (AvgIpc) is 2.45. The second-order valence-corrected chi connectivity index (χ2v) is 6.39. The lowest BCUT2D eigenvalue weighted by atomic mass is 9.74. The van der Waals surface area contributed by atoms with Crippen molar-refractivity contribution in [2.75, 3.05) is 0 Å². The minimum absolute atomic E-state index is 0.381. The van der Waals surface area contributed by atoms with Crippen LogP contribution in [0.1, 0.15) is 66.2 Å². The largest absolute Gasteiger partial charge is 0.481 e. The smallest absolute Gasteiger partial charge is 0.310 e. The minimum atomic E-state index is -0.751. The van der Waals surface area contributed by atoms with E-state index in [0.717, 1.165) is 0 Å². The van der Waals surface area contributed by atoms with E-state index >= 15 is 0 Å². The van der Waals surface area contributed by atoms with Crippen LogP contribution in [-0.2, 0) is 4.79 Å². The summed E-state index contributed by atoms with van der Waals surface area (Å²) in [6.45, 7) is 7.62. The SMILES string of the molecule is CC(C)(NC1CCCCCC1)C(C)(C)C(=O)O. The molecule has 1 fully saturated rings. The van der Waals surface area contributed by atoms with Gasteiger partial charge in [-0.3, -0.25) is 4.79 Å². The molecular formula is C14H27NO2. The van der Waals surface area contributed by atoms with Gasteiger partial charge < -0.3 is 10.4 Å². The predicted octanol–water partition coefficient (Wildman–Crippen LogP) is 3.19. The Hall–Kier alpha value is -0.570. The Morgan fingerprint density at radius 3 is 1.94 bits per heavy atom. The van der Waals surface area contributed by atoms with Gasteiger partial charge in [0, 0.05) is 11.6 Å². The number of carboxylic acids is 1. The van der Waals surface area contributed by atoms with Crippen LogP contribution in [0.15, 0.2) is 0 Å². The van der Waals surface area contributed by atoms with Crippen LogP contribution in [0.3, 0.4) is 0 Å². The molecule has 17 heavy (non-hydrogen) atoms. The summed E-state index contributed by atoms with van der Waals surface area (Å²) in [4.78, 5) is 11.3. The molecule has 0 aromatic heterocycles. The standard InChI is InChI=1S/C14H27NO2/c1-13(2,12(16)17)14(3,4)15-11-9-7-5-6-8-10-11/h11,15H,5-10H2,1-4H3,(H,16,17). The molecule has 0 heterocycles. The van der Waals surface area contributed by atoms with Crippen LogP contribution in [0.5, 0.6) is 0 Å². The quantitative estimate of drug-likeness (QED) is 0.743. The van der Waals surface area contributed by atoms with Crippen molar-refractivity contribution in [2.45, 2.75) is 77.8 Å². The highest BCUT2D eigenvalue weighted by atomic mass is 16.4. The molecule has 2 N–H and O–H groups in total. The average molecular weight is 241 g/mol. The highest BCUT2D eigenvalue weighted by Crippen LogP contribution is 2.32. The molecule has 1 rings (SSSR count). The fourth-order valence-electron chi connectivity index (χ4n) is 2.38.